The molecule has 260 valence electrons. The van der Waals surface area contributed by atoms with Gasteiger partial charge in [0.15, 0.2) is 0 Å². The van der Waals surface area contributed by atoms with Gasteiger partial charge >= 0.3 is 17.9 Å². The molecule has 18 heteroatoms. The first-order valence-corrected chi connectivity index (χ1v) is 14.9. The minimum absolute atomic E-state index is 0.0165. The molecular formula is C27H50N6O12. The number of carbonyl (C=O) groups excluding carboxylic acids is 2. The van der Waals surface area contributed by atoms with Crippen LogP contribution in [0.15, 0.2) is 0 Å². The third kappa shape index (κ3) is 23.1. The van der Waals surface area contributed by atoms with E-state index in [0.29, 0.717) is 78.7 Å². The highest BCUT2D eigenvalue weighted by atomic mass is 16.5. The molecule has 0 saturated carbocycles. The summed E-state index contributed by atoms with van der Waals surface area (Å²) < 4.78 is 20.8. The van der Waals surface area contributed by atoms with E-state index in [1.165, 1.54) is 0 Å². The van der Waals surface area contributed by atoms with Gasteiger partial charge < -0.3 is 44.9 Å². The van der Waals surface area contributed by atoms with Gasteiger partial charge in [-0.15, -0.1) is 0 Å². The van der Waals surface area contributed by atoms with Gasteiger partial charge in [0.1, 0.15) is 6.61 Å². The fraction of sp³-hybridized carbons (Fsp3) is 0.815. The van der Waals surface area contributed by atoms with Crippen LogP contribution < -0.4 is 10.6 Å². The van der Waals surface area contributed by atoms with Crippen LogP contribution >= 0.6 is 0 Å². The number of hydrogen-bond donors (Lipinski definition) is 5. The number of ether oxygens (including phenoxy) is 4. The average molecular weight is 651 g/mol. The van der Waals surface area contributed by atoms with Gasteiger partial charge in [0.25, 0.3) is 0 Å². The van der Waals surface area contributed by atoms with Crippen LogP contribution in [0.4, 0.5) is 0 Å². The first-order valence-electron chi connectivity index (χ1n) is 14.9. The lowest BCUT2D eigenvalue weighted by molar-refractivity contribution is -0.140. The number of carbonyl (C=O) groups is 5. The summed E-state index contributed by atoms with van der Waals surface area (Å²) in [6.07, 6.45) is 0. The maximum atomic E-state index is 12.7. The van der Waals surface area contributed by atoms with Crippen molar-refractivity contribution >= 4 is 29.7 Å². The van der Waals surface area contributed by atoms with Crippen molar-refractivity contribution in [1.82, 2.24) is 30.2 Å². The molecule has 1 saturated heterocycles. The summed E-state index contributed by atoms with van der Waals surface area (Å²) in [6, 6.07) is 0. The number of rotatable bonds is 22. The summed E-state index contributed by atoms with van der Waals surface area (Å²) in [7, 11) is 1.58. The van der Waals surface area contributed by atoms with Crippen LogP contribution in [-0.4, -0.2) is 210 Å². The van der Waals surface area contributed by atoms with E-state index < -0.39 is 17.9 Å². The zero-order chi connectivity index (χ0) is 33.3. The Morgan fingerprint density at radius 1 is 0.511 bits per heavy atom. The topological polar surface area (TPSA) is 220 Å². The fourth-order valence-corrected chi connectivity index (χ4v) is 4.25. The van der Waals surface area contributed by atoms with E-state index in [4.69, 9.17) is 18.9 Å². The lowest BCUT2D eigenvalue weighted by Gasteiger charge is -2.32. The predicted molar refractivity (Wildman–Crippen MR) is 159 cm³/mol. The van der Waals surface area contributed by atoms with Crippen LogP contribution in [-0.2, 0) is 42.9 Å². The van der Waals surface area contributed by atoms with E-state index >= 15 is 0 Å². The molecule has 5 N–H and O–H groups in total. The first-order chi connectivity index (χ1) is 21.6. The van der Waals surface area contributed by atoms with Gasteiger partial charge in [-0.05, 0) is 0 Å². The molecule has 1 fully saturated rings. The molecule has 1 aliphatic heterocycles. The smallest absolute Gasteiger partial charge is 0.317 e. The maximum absolute atomic E-state index is 12.7. The SMILES string of the molecule is COCCOCCNC(=O)COCCOCCNC(=O)CN1CCN(CC(=O)O)CCN(CC(=O)O)CCN(CC(=O)O)CC1. The van der Waals surface area contributed by atoms with E-state index in [1.807, 2.05) is 4.90 Å². The van der Waals surface area contributed by atoms with Crippen LogP contribution in [0.1, 0.15) is 0 Å². The lowest BCUT2D eigenvalue weighted by atomic mass is 10.3. The van der Waals surface area contributed by atoms with E-state index in [-0.39, 0.29) is 71.0 Å². The van der Waals surface area contributed by atoms with Crippen LogP contribution in [0.25, 0.3) is 0 Å². The molecule has 1 rings (SSSR count). The van der Waals surface area contributed by atoms with Crippen LogP contribution in [0.2, 0.25) is 0 Å². The third-order valence-corrected chi connectivity index (χ3v) is 6.55. The van der Waals surface area contributed by atoms with Crippen molar-refractivity contribution < 1.29 is 58.2 Å². The van der Waals surface area contributed by atoms with Gasteiger partial charge in [-0.25, -0.2) is 0 Å². The minimum atomic E-state index is -1.02. The molecule has 45 heavy (non-hydrogen) atoms. The Morgan fingerprint density at radius 2 is 0.867 bits per heavy atom. The van der Waals surface area contributed by atoms with Crippen molar-refractivity contribution in [3.63, 3.8) is 0 Å². The zero-order valence-electron chi connectivity index (χ0n) is 26.2. The first kappa shape index (κ1) is 40.1. The second-order valence-electron chi connectivity index (χ2n) is 10.3. The van der Waals surface area contributed by atoms with Gasteiger partial charge in [0.05, 0.1) is 65.8 Å². The fourth-order valence-electron chi connectivity index (χ4n) is 4.25. The Kier molecular flexibility index (Phi) is 22.5. The molecule has 0 spiro atoms. The number of aliphatic carboxylic acids is 3. The molecule has 0 aromatic rings. The monoisotopic (exact) mass is 650 g/mol. The van der Waals surface area contributed by atoms with Crippen LogP contribution in [0, 0.1) is 0 Å². The summed E-state index contributed by atoms with van der Waals surface area (Å²) in [5, 5.41) is 33.4. The summed E-state index contributed by atoms with van der Waals surface area (Å²) >= 11 is 0. The molecule has 0 aliphatic carbocycles. The molecule has 0 radical (unpaired) electrons. The maximum Gasteiger partial charge on any atom is 0.317 e. The van der Waals surface area contributed by atoms with E-state index in [9.17, 15) is 39.3 Å². The van der Waals surface area contributed by atoms with Gasteiger partial charge in [0, 0.05) is 72.6 Å². The molecular weight excluding hydrogens is 600 g/mol. The number of amides is 2. The van der Waals surface area contributed by atoms with E-state index in [0.717, 1.165) is 0 Å². The molecule has 0 aromatic carbocycles. The molecule has 0 aromatic heterocycles. The summed E-state index contributed by atoms with van der Waals surface area (Å²) in [5.41, 5.74) is 0. The normalized spacial score (nSPS) is 16.4. The Labute approximate surface area is 263 Å². The van der Waals surface area contributed by atoms with Crippen molar-refractivity contribution in [3.05, 3.63) is 0 Å². The van der Waals surface area contributed by atoms with Gasteiger partial charge in [-0.2, -0.15) is 0 Å². The molecule has 18 nitrogen and oxygen atoms in total. The largest absolute Gasteiger partial charge is 0.480 e. The van der Waals surface area contributed by atoms with Gasteiger partial charge in [-0.3, -0.25) is 43.6 Å². The predicted octanol–water partition coefficient (Wildman–Crippen LogP) is -3.61. The number of carboxylic acids is 3. The molecule has 1 aliphatic rings. The summed E-state index contributed by atoms with van der Waals surface area (Å²) in [5.74, 6) is -3.60. The van der Waals surface area contributed by atoms with Crippen LogP contribution in [0.5, 0.6) is 0 Å². The highest BCUT2D eigenvalue weighted by Crippen LogP contribution is 2.01. The molecule has 0 bridgehead atoms. The van der Waals surface area contributed by atoms with Gasteiger partial charge in [-0.1, -0.05) is 0 Å². The molecule has 0 atom stereocenters. The quantitative estimate of drug-likeness (QED) is 0.0714. The van der Waals surface area contributed by atoms with E-state index in [2.05, 4.69) is 10.6 Å². The zero-order valence-corrected chi connectivity index (χ0v) is 26.2. The Balaban J connectivity index is 2.45. The standard InChI is InChI=1S/C27H50N6O12/c1-42-14-15-43-13-3-29-24(35)22-45-17-16-44-12-2-28-23(34)18-30-4-6-31(19-25(36)37)8-10-33(21-27(40)41)11-9-32(7-5-30)20-26(38)39/h2-22H2,1H3,(H,28,34)(H,29,35)(H,36,37)(H,38,39)(H,40,41). The highest BCUT2D eigenvalue weighted by Gasteiger charge is 2.21. The van der Waals surface area contributed by atoms with E-state index in [1.54, 1.807) is 21.8 Å². The Hall–Kier alpha value is -2.97. The number of carboxylic acid groups (broad SMARTS) is 3. The van der Waals surface area contributed by atoms with Crippen molar-refractivity contribution in [2.45, 2.75) is 0 Å². The Bertz CT molecular complexity index is 851. The lowest BCUT2D eigenvalue weighted by Crippen LogP contribution is -2.50. The average Bonchev–Trinajstić information content (AvgIpc) is 2.96. The number of nitrogens with one attached hydrogen (secondary N) is 2. The second kappa shape index (κ2) is 25.2. The van der Waals surface area contributed by atoms with Crippen molar-refractivity contribution in [3.8, 4) is 0 Å². The summed E-state index contributed by atoms with van der Waals surface area (Å²) in [6.45, 7) is 4.33. The third-order valence-electron chi connectivity index (χ3n) is 6.55. The van der Waals surface area contributed by atoms with Crippen molar-refractivity contribution in [2.75, 3.05) is 145 Å². The second-order valence-corrected chi connectivity index (χ2v) is 10.3. The minimum Gasteiger partial charge on any atom is -0.480 e. The highest BCUT2D eigenvalue weighted by molar-refractivity contribution is 5.78. The summed E-state index contributed by atoms with van der Waals surface area (Å²) in [4.78, 5) is 65.4. The molecule has 0 unspecified atom stereocenters. The molecule has 1 heterocycles. The van der Waals surface area contributed by atoms with Gasteiger partial charge in [0.2, 0.25) is 11.8 Å². The number of methoxy groups -OCH3 is 1. The number of nitrogens with zero attached hydrogens (tertiary/aromatic N) is 4. The van der Waals surface area contributed by atoms with Crippen molar-refractivity contribution in [2.24, 2.45) is 0 Å². The van der Waals surface area contributed by atoms with Crippen molar-refractivity contribution in [1.29, 1.82) is 0 Å². The number of hydrogen-bond acceptors (Lipinski definition) is 13. The Morgan fingerprint density at radius 3 is 1.27 bits per heavy atom. The van der Waals surface area contributed by atoms with Crippen LogP contribution in [0.3, 0.4) is 0 Å². The molecule has 2 amide bonds.